The molecule has 188 valence electrons. The lowest BCUT2D eigenvalue weighted by Crippen LogP contribution is -2.33. The van der Waals surface area contributed by atoms with Gasteiger partial charge in [-0.15, -0.1) is 0 Å². The van der Waals surface area contributed by atoms with Gasteiger partial charge in [-0.05, 0) is 13.8 Å². The van der Waals surface area contributed by atoms with Gasteiger partial charge >= 0.3 is 0 Å². The monoisotopic (exact) mass is 566 g/mol. The fraction of sp³-hybridized carbons (Fsp3) is 0.300. The van der Waals surface area contributed by atoms with Gasteiger partial charge in [-0.3, -0.25) is 29.0 Å². The Morgan fingerprint density at radius 1 is 0.833 bits per heavy atom. The normalized spacial score (nSPS) is 17.9. The Bertz CT molecular complexity index is 1220. The zero-order valence-corrected chi connectivity index (χ0v) is 22.1. The van der Waals surface area contributed by atoms with Crippen molar-refractivity contribution in [3.8, 4) is 0 Å². The van der Waals surface area contributed by atoms with Crippen LogP contribution in [0.4, 0.5) is 11.6 Å². The van der Waals surface area contributed by atoms with E-state index in [9.17, 15) is 19.2 Å². The van der Waals surface area contributed by atoms with Gasteiger partial charge < -0.3 is 19.7 Å². The van der Waals surface area contributed by atoms with Crippen molar-refractivity contribution in [2.75, 3.05) is 23.7 Å². The van der Waals surface area contributed by atoms with Crippen molar-refractivity contribution < 1.29 is 28.2 Å². The molecule has 0 aromatic carbocycles. The van der Waals surface area contributed by atoms with Crippen LogP contribution < -0.4 is 10.6 Å². The average Bonchev–Trinajstić information content (AvgIpc) is 3.55. The highest BCUT2D eigenvalue weighted by atomic mass is 32.2. The molecule has 0 bridgehead atoms. The molecule has 12 nitrogen and oxygen atoms in total. The number of aryl methyl sites for hydroxylation is 2. The summed E-state index contributed by atoms with van der Waals surface area (Å²) in [5, 5.41) is 12.5. The number of nitrogens with zero attached hydrogens (tertiary/aromatic N) is 4. The molecule has 16 heteroatoms. The van der Waals surface area contributed by atoms with E-state index < -0.39 is 11.8 Å². The van der Waals surface area contributed by atoms with E-state index in [2.05, 4.69) is 20.9 Å². The minimum atomic E-state index is -0.477. The summed E-state index contributed by atoms with van der Waals surface area (Å²) in [6.45, 7) is 3.44. The second-order valence-electron chi connectivity index (χ2n) is 7.55. The number of thiocarbonyl (C=S) groups is 2. The maximum atomic E-state index is 13.0. The molecule has 4 rings (SSSR count). The zero-order valence-electron chi connectivity index (χ0n) is 18.9. The Morgan fingerprint density at radius 3 is 1.56 bits per heavy atom. The predicted octanol–water partition coefficient (Wildman–Crippen LogP) is 2.57. The van der Waals surface area contributed by atoms with Crippen LogP contribution >= 0.6 is 48.0 Å². The van der Waals surface area contributed by atoms with Gasteiger partial charge in [0, 0.05) is 38.1 Å². The van der Waals surface area contributed by atoms with Crippen LogP contribution in [-0.2, 0) is 19.2 Å². The third-order valence-corrected chi connectivity index (χ3v) is 7.85. The fourth-order valence-corrected chi connectivity index (χ4v) is 5.92. The lowest BCUT2D eigenvalue weighted by Gasteiger charge is -2.14. The molecule has 0 radical (unpaired) electrons. The number of carbonyl (C=O) groups excluding carboxylic acids is 4. The summed E-state index contributed by atoms with van der Waals surface area (Å²) >= 11 is 12.6. The number of hydrogen-bond donors (Lipinski definition) is 2. The Balaban J connectivity index is 1.34. The highest BCUT2D eigenvalue weighted by molar-refractivity contribution is 8.29. The summed E-state index contributed by atoms with van der Waals surface area (Å²) in [4.78, 5) is 53.2. The molecule has 0 spiro atoms. The predicted molar refractivity (Wildman–Crippen MR) is 140 cm³/mol. The van der Waals surface area contributed by atoms with Gasteiger partial charge in [0.25, 0.3) is 11.8 Å². The van der Waals surface area contributed by atoms with Crippen molar-refractivity contribution in [2.24, 2.45) is 0 Å². The molecule has 2 aromatic heterocycles. The number of carbonyl (C=O) groups is 4. The second kappa shape index (κ2) is 10.9. The van der Waals surface area contributed by atoms with E-state index in [0.717, 1.165) is 23.5 Å². The van der Waals surface area contributed by atoms with Gasteiger partial charge in [-0.2, -0.15) is 0 Å². The summed E-state index contributed by atoms with van der Waals surface area (Å²) in [5.41, 5.74) is 0. The smallest absolute Gasteiger partial charge is 0.267 e. The van der Waals surface area contributed by atoms with Crippen LogP contribution in [0.5, 0.6) is 0 Å². The van der Waals surface area contributed by atoms with E-state index in [4.69, 9.17) is 33.5 Å². The van der Waals surface area contributed by atoms with E-state index in [-0.39, 0.29) is 67.8 Å². The van der Waals surface area contributed by atoms with E-state index in [1.165, 1.54) is 9.80 Å². The molecule has 0 unspecified atom stereocenters. The number of thioether (sulfide) groups is 2. The number of nitrogens with one attached hydrogen (secondary N) is 2. The maximum Gasteiger partial charge on any atom is 0.267 e. The lowest BCUT2D eigenvalue weighted by molar-refractivity contribution is -0.125. The molecule has 36 heavy (non-hydrogen) atoms. The van der Waals surface area contributed by atoms with E-state index in [1.807, 2.05) is 0 Å². The Hall–Kier alpha value is -3.08. The first kappa shape index (κ1) is 26.0. The molecular formula is C20H18N6O6S4. The molecule has 4 amide bonds. The van der Waals surface area contributed by atoms with Gasteiger partial charge in [0.15, 0.2) is 11.6 Å². The first-order valence-corrected chi connectivity index (χ1v) is 12.9. The number of aromatic nitrogens is 2. The topological polar surface area (TPSA) is 151 Å². The standard InChI is InChI=1S/C20H18N6O6S4/c1-9-7-11(23-31-9)21-13(27)3-5-25-17(29)15(35-19(25)33)16-18(30)26(20(34)36-16)6-4-14(28)22-12-8-10(2)32-24-12/h7-8H,3-6H2,1-2H3,(H,21,23,27)(H,22,24,28). The van der Waals surface area contributed by atoms with Crippen LogP contribution in [0.3, 0.4) is 0 Å². The van der Waals surface area contributed by atoms with Crippen LogP contribution in [0.2, 0.25) is 0 Å². The molecule has 0 aliphatic carbocycles. The zero-order chi connectivity index (χ0) is 26.0. The summed E-state index contributed by atoms with van der Waals surface area (Å²) in [6.07, 6.45) is -0.0700. The molecule has 2 saturated heterocycles. The first-order valence-electron chi connectivity index (χ1n) is 10.4. The molecule has 0 atom stereocenters. The molecular weight excluding hydrogens is 549 g/mol. The van der Waals surface area contributed by atoms with Crippen molar-refractivity contribution in [1.29, 1.82) is 0 Å². The quantitative estimate of drug-likeness (QED) is 0.357. The van der Waals surface area contributed by atoms with Gasteiger partial charge in [-0.1, -0.05) is 58.3 Å². The molecule has 2 aliphatic rings. The van der Waals surface area contributed by atoms with Crippen molar-refractivity contribution >= 4 is 91.9 Å². The van der Waals surface area contributed by atoms with Crippen LogP contribution in [0.15, 0.2) is 31.0 Å². The Kier molecular flexibility index (Phi) is 7.87. The third kappa shape index (κ3) is 5.83. The largest absolute Gasteiger partial charge is 0.360 e. The average molecular weight is 567 g/mol. The van der Waals surface area contributed by atoms with Gasteiger partial charge in [0.2, 0.25) is 11.8 Å². The SMILES string of the molecule is Cc1cc(NC(=O)CCN2C(=O)C(=C3SC(=S)N(CCC(=O)Nc4cc(C)on4)C3=O)SC2=S)no1. The molecule has 2 aromatic rings. The fourth-order valence-electron chi connectivity index (χ4n) is 3.14. The Morgan fingerprint density at radius 2 is 1.22 bits per heavy atom. The van der Waals surface area contributed by atoms with Crippen molar-refractivity contribution in [3.63, 3.8) is 0 Å². The first-order chi connectivity index (χ1) is 17.1. The van der Waals surface area contributed by atoms with Crippen molar-refractivity contribution in [1.82, 2.24) is 20.1 Å². The Labute approximate surface area is 223 Å². The van der Waals surface area contributed by atoms with Crippen LogP contribution in [0.25, 0.3) is 0 Å². The van der Waals surface area contributed by atoms with E-state index in [1.54, 1.807) is 26.0 Å². The summed E-state index contributed by atoms with van der Waals surface area (Å²) < 4.78 is 10.3. The summed E-state index contributed by atoms with van der Waals surface area (Å²) in [6, 6.07) is 3.14. The third-order valence-electron chi connectivity index (χ3n) is 4.82. The maximum absolute atomic E-state index is 13.0. The van der Waals surface area contributed by atoms with Gasteiger partial charge in [0.1, 0.15) is 20.2 Å². The highest BCUT2D eigenvalue weighted by Crippen LogP contribution is 2.42. The van der Waals surface area contributed by atoms with E-state index >= 15 is 0 Å². The van der Waals surface area contributed by atoms with Crippen molar-refractivity contribution in [3.05, 3.63) is 33.5 Å². The molecule has 2 fully saturated rings. The van der Waals surface area contributed by atoms with Gasteiger partial charge in [0.05, 0.1) is 9.81 Å². The van der Waals surface area contributed by atoms with Crippen LogP contribution in [0.1, 0.15) is 24.4 Å². The number of rotatable bonds is 8. The second-order valence-corrected chi connectivity index (χ2v) is 10.8. The highest BCUT2D eigenvalue weighted by Gasteiger charge is 2.42. The molecule has 0 saturated carbocycles. The summed E-state index contributed by atoms with van der Waals surface area (Å²) in [7, 11) is 0. The van der Waals surface area contributed by atoms with Gasteiger partial charge in [-0.25, -0.2) is 0 Å². The number of anilines is 2. The summed E-state index contributed by atoms with van der Waals surface area (Å²) in [5.74, 6) is -0.0573. The van der Waals surface area contributed by atoms with Crippen LogP contribution in [-0.4, -0.2) is 65.5 Å². The number of hydrogen-bond acceptors (Lipinski definition) is 12. The minimum Gasteiger partial charge on any atom is -0.360 e. The minimum absolute atomic E-state index is 0.0266. The van der Waals surface area contributed by atoms with Crippen LogP contribution in [0, 0.1) is 13.8 Å². The molecule has 2 aliphatic heterocycles. The molecule has 4 heterocycles. The lowest BCUT2D eigenvalue weighted by atomic mass is 10.3. The number of amides is 4. The van der Waals surface area contributed by atoms with E-state index in [0.29, 0.717) is 11.5 Å². The molecule has 2 N–H and O–H groups in total. The van der Waals surface area contributed by atoms with Crippen molar-refractivity contribution in [2.45, 2.75) is 26.7 Å².